The summed E-state index contributed by atoms with van der Waals surface area (Å²) >= 11 is 0. The van der Waals surface area contributed by atoms with Crippen LogP contribution in [0.4, 0.5) is 5.69 Å². The summed E-state index contributed by atoms with van der Waals surface area (Å²) in [7, 11) is 0. The quantitative estimate of drug-likeness (QED) is 0.617. The highest BCUT2D eigenvalue weighted by molar-refractivity contribution is 5.96. The lowest BCUT2D eigenvalue weighted by Crippen LogP contribution is -2.54. The molecule has 0 unspecified atom stereocenters. The highest BCUT2D eigenvalue weighted by Gasteiger charge is 2.78. The Morgan fingerprint density at radius 1 is 1.46 bits per heavy atom. The molecule has 6 nitrogen and oxygen atoms in total. The molecule has 3 aliphatic rings. The lowest BCUT2D eigenvalue weighted by molar-refractivity contribution is -0.384. The molecule has 0 N–H and O–H groups in total. The van der Waals surface area contributed by atoms with Gasteiger partial charge in [-0.3, -0.25) is 14.9 Å². The fourth-order valence-electron chi connectivity index (χ4n) is 5.66. The molecule has 1 amide bonds. The fraction of sp³-hybridized carbons (Fsp3) is 0.556. The number of hydrogen-bond donors (Lipinski definition) is 0. The summed E-state index contributed by atoms with van der Waals surface area (Å²) in [6.45, 7) is 4.90. The van der Waals surface area contributed by atoms with Crippen molar-refractivity contribution in [1.82, 2.24) is 4.90 Å². The first-order chi connectivity index (χ1) is 11.3. The number of nitriles is 1. The standard InChI is InChI=1S/C18H19N3O3/c1-16-11-20(15(22)12-4-3-5-14(8-12)21(23)24)18(10-19)9-13(16)6-7-17(16,18)2/h3-5,8,13H,6-7,9,11H2,1-2H3/t13-,16+,17-,18+/m1/s1. The molecule has 0 aromatic heterocycles. The van der Waals surface area contributed by atoms with Crippen LogP contribution >= 0.6 is 0 Å². The molecule has 3 fully saturated rings. The van der Waals surface area contributed by atoms with Crippen LogP contribution in [0, 0.1) is 38.2 Å². The molecule has 0 radical (unpaired) electrons. The van der Waals surface area contributed by atoms with Gasteiger partial charge in [-0.15, -0.1) is 0 Å². The van der Waals surface area contributed by atoms with Crippen molar-refractivity contribution < 1.29 is 9.72 Å². The Morgan fingerprint density at radius 2 is 2.21 bits per heavy atom. The number of likely N-dealkylation sites (tertiary alicyclic amines) is 1. The summed E-state index contributed by atoms with van der Waals surface area (Å²) in [5.74, 6) is 0.215. The van der Waals surface area contributed by atoms with E-state index < -0.39 is 10.5 Å². The van der Waals surface area contributed by atoms with Gasteiger partial charge in [-0.2, -0.15) is 5.26 Å². The normalized spacial score (nSPS) is 39.0. The molecule has 4 rings (SSSR count). The largest absolute Gasteiger partial charge is 0.319 e. The van der Waals surface area contributed by atoms with Crippen LogP contribution < -0.4 is 0 Å². The molecule has 2 aliphatic carbocycles. The van der Waals surface area contributed by atoms with Crippen LogP contribution in [0.2, 0.25) is 0 Å². The van der Waals surface area contributed by atoms with E-state index >= 15 is 0 Å². The number of nitro groups is 1. The third-order valence-corrected chi connectivity index (χ3v) is 7.29. The number of non-ortho nitro benzene ring substituents is 1. The summed E-state index contributed by atoms with van der Waals surface area (Å²) < 4.78 is 0. The second kappa shape index (κ2) is 4.35. The van der Waals surface area contributed by atoms with Gasteiger partial charge >= 0.3 is 0 Å². The summed E-state index contributed by atoms with van der Waals surface area (Å²) in [5, 5.41) is 21.0. The van der Waals surface area contributed by atoms with Gasteiger partial charge in [0.05, 0.1) is 11.0 Å². The predicted molar refractivity (Wildman–Crippen MR) is 86.0 cm³/mol. The van der Waals surface area contributed by atoms with Crippen LogP contribution in [0.25, 0.3) is 0 Å². The van der Waals surface area contributed by atoms with Crippen LogP contribution in [0.1, 0.15) is 43.5 Å². The van der Waals surface area contributed by atoms with Gasteiger partial charge in [-0.1, -0.05) is 19.9 Å². The van der Waals surface area contributed by atoms with Crippen molar-refractivity contribution in [2.75, 3.05) is 6.54 Å². The van der Waals surface area contributed by atoms with Gasteiger partial charge < -0.3 is 4.90 Å². The van der Waals surface area contributed by atoms with E-state index in [4.69, 9.17) is 0 Å². The topological polar surface area (TPSA) is 87.2 Å². The van der Waals surface area contributed by atoms with E-state index in [1.165, 1.54) is 18.2 Å². The van der Waals surface area contributed by atoms with Crippen molar-refractivity contribution in [2.45, 2.75) is 38.6 Å². The number of nitro benzene ring substituents is 1. The fourth-order valence-corrected chi connectivity index (χ4v) is 5.66. The maximum Gasteiger partial charge on any atom is 0.270 e. The van der Waals surface area contributed by atoms with Crippen LogP contribution in [-0.4, -0.2) is 27.8 Å². The molecule has 1 aromatic carbocycles. The summed E-state index contributed by atoms with van der Waals surface area (Å²) in [6, 6.07) is 8.27. The lowest BCUT2D eigenvalue weighted by Gasteiger charge is -2.43. The monoisotopic (exact) mass is 325 g/mol. The molecule has 1 saturated heterocycles. The molecule has 2 saturated carbocycles. The number of carbonyl (C=O) groups is 1. The van der Waals surface area contributed by atoms with Gasteiger partial charge in [-0.25, -0.2) is 0 Å². The number of rotatable bonds is 2. The predicted octanol–water partition coefficient (Wildman–Crippen LogP) is 3.14. The van der Waals surface area contributed by atoms with Gasteiger partial charge in [0.2, 0.25) is 0 Å². The van der Waals surface area contributed by atoms with E-state index in [1.54, 1.807) is 11.0 Å². The molecule has 4 bridgehead atoms. The number of amides is 1. The molecule has 24 heavy (non-hydrogen) atoms. The van der Waals surface area contributed by atoms with E-state index in [0.717, 1.165) is 19.3 Å². The lowest BCUT2D eigenvalue weighted by atomic mass is 9.66. The van der Waals surface area contributed by atoms with E-state index in [9.17, 15) is 20.2 Å². The first-order valence-corrected chi connectivity index (χ1v) is 8.27. The molecule has 0 spiro atoms. The molecule has 124 valence electrons. The van der Waals surface area contributed by atoms with Gasteiger partial charge in [-0.05, 0) is 36.7 Å². The van der Waals surface area contributed by atoms with Crippen LogP contribution in [0.15, 0.2) is 24.3 Å². The van der Waals surface area contributed by atoms with Gasteiger partial charge in [0.25, 0.3) is 11.6 Å². The van der Waals surface area contributed by atoms with Gasteiger partial charge in [0.15, 0.2) is 0 Å². The minimum atomic E-state index is -0.785. The third kappa shape index (κ3) is 1.44. The minimum Gasteiger partial charge on any atom is -0.319 e. The van der Waals surface area contributed by atoms with Crippen molar-refractivity contribution in [1.29, 1.82) is 5.26 Å². The van der Waals surface area contributed by atoms with E-state index in [-0.39, 0.29) is 28.0 Å². The van der Waals surface area contributed by atoms with Crippen molar-refractivity contribution in [3.05, 3.63) is 39.9 Å². The molecule has 1 aliphatic heterocycles. The van der Waals surface area contributed by atoms with Crippen molar-refractivity contribution >= 4 is 11.6 Å². The van der Waals surface area contributed by atoms with E-state index in [2.05, 4.69) is 19.9 Å². The first kappa shape index (κ1) is 15.1. The highest BCUT2D eigenvalue weighted by Crippen LogP contribution is 2.75. The number of hydrogen-bond acceptors (Lipinski definition) is 4. The van der Waals surface area contributed by atoms with Crippen LogP contribution in [0.3, 0.4) is 0 Å². The average Bonchev–Trinajstić information content (AvgIpc) is 3.03. The van der Waals surface area contributed by atoms with Crippen LogP contribution in [-0.2, 0) is 0 Å². The molecular weight excluding hydrogens is 306 g/mol. The highest BCUT2D eigenvalue weighted by atomic mass is 16.6. The van der Waals surface area contributed by atoms with Gasteiger partial charge in [0, 0.05) is 29.7 Å². The van der Waals surface area contributed by atoms with Crippen molar-refractivity contribution in [3.8, 4) is 6.07 Å². The maximum absolute atomic E-state index is 13.1. The minimum absolute atomic E-state index is 0.0426. The molecule has 1 aromatic rings. The Kier molecular flexibility index (Phi) is 2.74. The second-order valence-corrected chi connectivity index (χ2v) is 7.86. The maximum atomic E-state index is 13.1. The number of piperidine rings is 1. The Labute approximate surface area is 140 Å². The van der Waals surface area contributed by atoms with Crippen LogP contribution in [0.5, 0.6) is 0 Å². The zero-order valence-electron chi connectivity index (χ0n) is 13.8. The summed E-state index contributed by atoms with van der Waals surface area (Å²) in [6.07, 6.45) is 2.80. The number of nitrogens with zero attached hydrogens (tertiary/aromatic N) is 3. The SMILES string of the molecule is C[C@]12CC[C@@H]3C[C@@]1(C#N)N(C(=O)c1cccc([N+](=O)[O-])c1)C[C@@]32C. The number of carbonyl (C=O) groups excluding carboxylic acids is 1. The summed E-state index contributed by atoms with van der Waals surface area (Å²) in [5.41, 5.74) is -0.842. The summed E-state index contributed by atoms with van der Waals surface area (Å²) in [4.78, 5) is 25.3. The third-order valence-electron chi connectivity index (χ3n) is 7.29. The van der Waals surface area contributed by atoms with E-state index in [0.29, 0.717) is 12.5 Å². The van der Waals surface area contributed by atoms with E-state index in [1.807, 2.05) is 0 Å². The number of benzene rings is 1. The Bertz CT molecular complexity index is 816. The smallest absolute Gasteiger partial charge is 0.270 e. The Balaban J connectivity index is 1.77. The molecule has 6 heteroatoms. The Hall–Kier alpha value is -2.42. The zero-order chi connectivity index (χ0) is 17.3. The Morgan fingerprint density at radius 3 is 2.83 bits per heavy atom. The molecule has 4 atom stereocenters. The second-order valence-electron chi connectivity index (χ2n) is 7.86. The van der Waals surface area contributed by atoms with Crippen molar-refractivity contribution in [2.24, 2.45) is 16.7 Å². The van der Waals surface area contributed by atoms with Gasteiger partial charge in [0.1, 0.15) is 5.54 Å². The zero-order valence-corrected chi connectivity index (χ0v) is 13.8. The average molecular weight is 325 g/mol. The molecular formula is C18H19N3O3. The van der Waals surface area contributed by atoms with Crippen molar-refractivity contribution in [3.63, 3.8) is 0 Å². The first-order valence-electron chi connectivity index (χ1n) is 8.27. The molecule has 1 heterocycles.